The summed E-state index contributed by atoms with van der Waals surface area (Å²) in [7, 11) is 0. The van der Waals surface area contributed by atoms with E-state index >= 15 is 0 Å². The van der Waals surface area contributed by atoms with Crippen LogP contribution in [0.2, 0.25) is 0 Å². The Morgan fingerprint density at radius 2 is 2.00 bits per heavy atom. The van der Waals surface area contributed by atoms with Gasteiger partial charge in [0.25, 0.3) is 0 Å². The van der Waals surface area contributed by atoms with E-state index in [1.165, 1.54) is 31.2 Å². The third kappa shape index (κ3) is 5.76. The fourth-order valence-corrected chi connectivity index (χ4v) is 1.84. The van der Waals surface area contributed by atoms with Gasteiger partial charge in [-0.15, -0.1) is 0 Å². The minimum Gasteiger partial charge on any atom is -0.494 e. The van der Waals surface area contributed by atoms with E-state index in [1.54, 1.807) is 0 Å². The number of hydrogen-bond acceptors (Lipinski definition) is 1. The van der Waals surface area contributed by atoms with Gasteiger partial charge in [-0.05, 0) is 42.9 Å². The van der Waals surface area contributed by atoms with E-state index in [2.05, 4.69) is 39.0 Å². The quantitative estimate of drug-likeness (QED) is 0.585. The van der Waals surface area contributed by atoms with Crippen molar-refractivity contribution in [3.8, 4) is 5.75 Å². The zero-order valence-electron chi connectivity index (χ0n) is 11.5. The van der Waals surface area contributed by atoms with Gasteiger partial charge in [0.2, 0.25) is 0 Å². The van der Waals surface area contributed by atoms with Gasteiger partial charge in [-0.25, -0.2) is 0 Å². The van der Waals surface area contributed by atoms with E-state index in [0.717, 1.165) is 24.7 Å². The molecule has 0 aliphatic heterocycles. The first-order valence-corrected chi connectivity index (χ1v) is 6.98. The highest BCUT2D eigenvalue weighted by molar-refractivity contribution is 5.28. The summed E-state index contributed by atoms with van der Waals surface area (Å²) in [6, 6.07) is 8.42. The summed E-state index contributed by atoms with van der Waals surface area (Å²) in [5, 5.41) is 0. The van der Waals surface area contributed by atoms with E-state index in [0.29, 0.717) is 0 Å². The van der Waals surface area contributed by atoms with Gasteiger partial charge < -0.3 is 4.74 Å². The van der Waals surface area contributed by atoms with Gasteiger partial charge in [-0.3, -0.25) is 0 Å². The molecule has 1 nitrogen and oxygen atoms in total. The average Bonchev–Trinajstić information content (AvgIpc) is 2.38. The van der Waals surface area contributed by atoms with Gasteiger partial charge in [0, 0.05) is 0 Å². The van der Waals surface area contributed by atoms with Crippen molar-refractivity contribution >= 4 is 0 Å². The lowest BCUT2D eigenvalue weighted by atomic mass is 10.0. The topological polar surface area (TPSA) is 9.23 Å². The SMILES string of the molecule is CCc1cccc(OCCCCC(C)CC)c1. The van der Waals surface area contributed by atoms with Gasteiger partial charge in [-0.1, -0.05) is 45.7 Å². The number of unbranched alkanes of at least 4 members (excludes halogenated alkanes) is 1. The zero-order chi connectivity index (χ0) is 12.5. The highest BCUT2D eigenvalue weighted by Gasteiger charge is 1.99. The van der Waals surface area contributed by atoms with E-state index in [-0.39, 0.29) is 0 Å². The van der Waals surface area contributed by atoms with Gasteiger partial charge in [0.15, 0.2) is 0 Å². The van der Waals surface area contributed by atoms with Crippen molar-refractivity contribution in [3.63, 3.8) is 0 Å². The molecule has 0 aromatic heterocycles. The molecule has 0 radical (unpaired) electrons. The Balaban J connectivity index is 2.17. The van der Waals surface area contributed by atoms with Crippen LogP contribution in [0, 0.1) is 5.92 Å². The molecule has 0 saturated heterocycles. The van der Waals surface area contributed by atoms with Crippen molar-refractivity contribution in [1.29, 1.82) is 0 Å². The van der Waals surface area contributed by atoms with Crippen LogP contribution in [-0.4, -0.2) is 6.61 Å². The number of aryl methyl sites for hydroxylation is 1. The maximum Gasteiger partial charge on any atom is 0.119 e. The molecule has 0 fully saturated rings. The summed E-state index contributed by atoms with van der Waals surface area (Å²) in [4.78, 5) is 0. The Bertz CT molecular complexity index is 306. The van der Waals surface area contributed by atoms with Gasteiger partial charge in [0.1, 0.15) is 5.75 Å². The fourth-order valence-electron chi connectivity index (χ4n) is 1.84. The minimum absolute atomic E-state index is 0.851. The number of rotatable bonds is 8. The number of benzene rings is 1. The fraction of sp³-hybridized carbons (Fsp3) is 0.625. The molecule has 17 heavy (non-hydrogen) atoms. The van der Waals surface area contributed by atoms with Crippen LogP contribution in [0.15, 0.2) is 24.3 Å². The predicted octanol–water partition coefficient (Wildman–Crippen LogP) is 4.84. The Morgan fingerprint density at radius 1 is 1.18 bits per heavy atom. The second-order valence-electron chi connectivity index (χ2n) is 4.86. The van der Waals surface area contributed by atoms with Crippen LogP contribution in [0.3, 0.4) is 0 Å². The molecule has 1 atom stereocenters. The first-order valence-electron chi connectivity index (χ1n) is 6.98. The molecular formula is C16H26O. The van der Waals surface area contributed by atoms with Crippen LogP contribution >= 0.6 is 0 Å². The number of ether oxygens (including phenoxy) is 1. The number of hydrogen-bond donors (Lipinski definition) is 0. The van der Waals surface area contributed by atoms with Crippen LogP contribution in [-0.2, 0) is 6.42 Å². The van der Waals surface area contributed by atoms with E-state index in [9.17, 15) is 0 Å². The molecular weight excluding hydrogens is 208 g/mol. The largest absolute Gasteiger partial charge is 0.494 e. The minimum atomic E-state index is 0.851. The second kappa shape index (κ2) is 8.16. The Morgan fingerprint density at radius 3 is 2.71 bits per heavy atom. The molecule has 0 bridgehead atoms. The highest BCUT2D eigenvalue weighted by Crippen LogP contribution is 2.15. The molecule has 1 rings (SSSR count). The molecule has 0 N–H and O–H groups in total. The lowest BCUT2D eigenvalue weighted by Gasteiger charge is -2.09. The molecule has 1 heteroatoms. The summed E-state index contributed by atoms with van der Waals surface area (Å²) in [6.07, 6.45) is 6.14. The standard InChI is InChI=1S/C16H26O/c1-4-14(3)9-6-7-12-17-16-11-8-10-15(5-2)13-16/h8,10-11,13-14H,4-7,9,12H2,1-3H3. The van der Waals surface area contributed by atoms with Crippen molar-refractivity contribution in [2.75, 3.05) is 6.61 Å². The molecule has 1 aromatic carbocycles. The normalized spacial score (nSPS) is 12.4. The van der Waals surface area contributed by atoms with Crippen molar-refractivity contribution in [2.45, 2.75) is 52.9 Å². The van der Waals surface area contributed by atoms with Crippen LogP contribution in [0.25, 0.3) is 0 Å². The first-order chi connectivity index (χ1) is 8.26. The van der Waals surface area contributed by atoms with E-state index < -0.39 is 0 Å². The Hall–Kier alpha value is -0.980. The highest BCUT2D eigenvalue weighted by atomic mass is 16.5. The Labute approximate surface area is 106 Å². The van der Waals surface area contributed by atoms with Crippen molar-refractivity contribution in [1.82, 2.24) is 0 Å². The van der Waals surface area contributed by atoms with E-state index in [4.69, 9.17) is 4.74 Å². The summed E-state index contributed by atoms with van der Waals surface area (Å²) in [5.41, 5.74) is 1.35. The molecule has 0 heterocycles. The van der Waals surface area contributed by atoms with E-state index in [1.807, 2.05) is 6.07 Å². The molecule has 96 valence electrons. The smallest absolute Gasteiger partial charge is 0.119 e. The van der Waals surface area contributed by atoms with Gasteiger partial charge in [-0.2, -0.15) is 0 Å². The zero-order valence-corrected chi connectivity index (χ0v) is 11.5. The lowest BCUT2D eigenvalue weighted by molar-refractivity contribution is 0.299. The monoisotopic (exact) mass is 234 g/mol. The van der Waals surface area contributed by atoms with Crippen LogP contribution in [0.5, 0.6) is 5.75 Å². The Kier molecular flexibility index (Phi) is 6.76. The summed E-state index contributed by atoms with van der Waals surface area (Å²) >= 11 is 0. The molecule has 0 spiro atoms. The van der Waals surface area contributed by atoms with Crippen molar-refractivity contribution < 1.29 is 4.74 Å². The summed E-state index contributed by atoms with van der Waals surface area (Å²) < 4.78 is 5.76. The molecule has 0 saturated carbocycles. The third-order valence-corrected chi connectivity index (χ3v) is 3.36. The summed E-state index contributed by atoms with van der Waals surface area (Å²) in [5.74, 6) is 1.88. The maximum absolute atomic E-state index is 5.76. The van der Waals surface area contributed by atoms with Crippen molar-refractivity contribution in [3.05, 3.63) is 29.8 Å². The molecule has 1 unspecified atom stereocenters. The third-order valence-electron chi connectivity index (χ3n) is 3.36. The summed E-state index contributed by atoms with van der Waals surface area (Å²) in [6.45, 7) is 7.61. The molecule has 1 aromatic rings. The lowest BCUT2D eigenvalue weighted by Crippen LogP contribution is -1.99. The van der Waals surface area contributed by atoms with Crippen LogP contribution < -0.4 is 4.74 Å². The van der Waals surface area contributed by atoms with Gasteiger partial charge >= 0.3 is 0 Å². The average molecular weight is 234 g/mol. The molecule has 0 aliphatic carbocycles. The van der Waals surface area contributed by atoms with Crippen LogP contribution in [0.1, 0.15) is 52.0 Å². The first kappa shape index (κ1) is 14.1. The molecule has 0 amide bonds. The maximum atomic E-state index is 5.76. The van der Waals surface area contributed by atoms with Gasteiger partial charge in [0.05, 0.1) is 6.61 Å². The van der Waals surface area contributed by atoms with Crippen molar-refractivity contribution in [2.24, 2.45) is 5.92 Å². The van der Waals surface area contributed by atoms with Crippen LogP contribution in [0.4, 0.5) is 0 Å². The molecule has 0 aliphatic rings. The predicted molar refractivity (Wildman–Crippen MR) is 74.6 cm³/mol. The second-order valence-corrected chi connectivity index (χ2v) is 4.86.